The van der Waals surface area contributed by atoms with Crippen molar-refractivity contribution < 1.29 is 14.5 Å². The van der Waals surface area contributed by atoms with Crippen LogP contribution in [0.4, 0.5) is 11.4 Å². The van der Waals surface area contributed by atoms with E-state index >= 15 is 0 Å². The van der Waals surface area contributed by atoms with Crippen LogP contribution >= 0.6 is 0 Å². The van der Waals surface area contributed by atoms with E-state index in [-0.39, 0.29) is 29.2 Å². The van der Waals surface area contributed by atoms with Crippen LogP contribution in [0.5, 0.6) is 0 Å². The molecule has 0 aliphatic heterocycles. The first kappa shape index (κ1) is 17.9. The van der Waals surface area contributed by atoms with E-state index in [4.69, 9.17) is 4.74 Å². The zero-order chi connectivity index (χ0) is 18.7. The summed E-state index contributed by atoms with van der Waals surface area (Å²) in [4.78, 5) is 46.0. The van der Waals surface area contributed by atoms with Crippen LogP contribution in [-0.4, -0.2) is 27.1 Å². The second kappa shape index (κ2) is 6.99. The van der Waals surface area contributed by atoms with Gasteiger partial charge in [-0.25, -0.2) is 9.59 Å². The highest BCUT2D eigenvalue weighted by Crippen LogP contribution is 2.25. The molecule has 1 heterocycles. The molecule has 0 radical (unpaired) electrons. The topological polar surface area (TPSA) is 125 Å². The lowest BCUT2D eigenvalue weighted by Crippen LogP contribution is -2.38. The molecule has 0 aliphatic rings. The second-order valence-corrected chi connectivity index (χ2v) is 5.19. The first-order chi connectivity index (χ1) is 11.8. The molecule has 2 aromatic rings. The minimum atomic E-state index is -0.807. The number of hydrogen-bond donors (Lipinski definition) is 1. The van der Waals surface area contributed by atoms with Gasteiger partial charge in [0, 0.05) is 33.3 Å². The van der Waals surface area contributed by atoms with Gasteiger partial charge in [-0.1, -0.05) is 0 Å². The molecule has 0 saturated carbocycles. The number of nitrogens with zero attached hydrogens (tertiary/aromatic N) is 3. The van der Waals surface area contributed by atoms with Crippen LogP contribution < -0.4 is 16.6 Å². The third-order valence-electron chi connectivity index (χ3n) is 3.68. The number of nitro groups is 1. The minimum Gasteiger partial charge on any atom is -0.456 e. The van der Waals surface area contributed by atoms with Gasteiger partial charge in [-0.05, 0) is 12.1 Å². The normalized spacial score (nSPS) is 10.4. The Hall–Kier alpha value is -3.43. The van der Waals surface area contributed by atoms with E-state index in [1.165, 1.54) is 43.9 Å². The molecule has 0 fully saturated rings. The van der Waals surface area contributed by atoms with Gasteiger partial charge < -0.3 is 10.1 Å². The van der Waals surface area contributed by atoms with Crippen LogP contribution in [0.25, 0.3) is 0 Å². The monoisotopic (exact) mass is 348 g/mol. The van der Waals surface area contributed by atoms with Gasteiger partial charge in [-0.3, -0.25) is 24.0 Å². The van der Waals surface area contributed by atoms with Crippen LogP contribution in [-0.2, 0) is 25.4 Å². The molecule has 2 rings (SSSR count). The Bertz CT molecular complexity index is 959. The Morgan fingerprint density at radius 2 is 1.92 bits per heavy atom. The lowest BCUT2D eigenvalue weighted by atomic mass is 10.1. The van der Waals surface area contributed by atoms with Crippen molar-refractivity contribution in [1.82, 2.24) is 9.13 Å². The Morgan fingerprint density at radius 1 is 1.24 bits per heavy atom. The number of aromatic nitrogens is 2. The second-order valence-electron chi connectivity index (χ2n) is 5.19. The molecule has 1 N–H and O–H groups in total. The Morgan fingerprint density at radius 3 is 2.52 bits per heavy atom. The van der Waals surface area contributed by atoms with Gasteiger partial charge in [-0.15, -0.1) is 0 Å². The molecule has 0 aliphatic carbocycles. The third kappa shape index (κ3) is 3.57. The maximum Gasteiger partial charge on any atom is 0.338 e. The molecule has 0 atom stereocenters. The van der Waals surface area contributed by atoms with Gasteiger partial charge in [0.2, 0.25) is 0 Å². The molecule has 0 amide bonds. The third-order valence-corrected chi connectivity index (χ3v) is 3.68. The summed E-state index contributed by atoms with van der Waals surface area (Å²) >= 11 is 0. The zero-order valence-corrected chi connectivity index (χ0v) is 13.8. The Balaban J connectivity index is 2.24. The average Bonchev–Trinajstić information content (AvgIpc) is 2.60. The van der Waals surface area contributed by atoms with Crippen molar-refractivity contribution in [2.24, 2.45) is 14.1 Å². The number of ether oxygens (including phenoxy) is 1. The van der Waals surface area contributed by atoms with Crippen molar-refractivity contribution in [2.75, 3.05) is 12.4 Å². The summed E-state index contributed by atoms with van der Waals surface area (Å²) in [5, 5.41) is 13.7. The maximum absolute atomic E-state index is 12.1. The number of anilines is 1. The summed E-state index contributed by atoms with van der Waals surface area (Å²) in [5.74, 6) is -0.807. The van der Waals surface area contributed by atoms with Crippen molar-refractivity contribution in [3.8, 4) is 0 Å². The lowest BCUT2D eigenvalue weighted by molar-refractivity contribution is -0.384. The van der Waals surface area contributed by atoms with Crippen molar-refractivity contribution >= 4 is 17.3 Å². The van der Waals surface area contributed by atoms with Crippen molar-refractivity contribution in [2.45, 2.75) is 6.61 Å². The zero-order valence-electron chi connectivity index (χ0n) is 13.8. The summed E-state index contributed by atoms with van der Waals surface area (Å²) in [5.41, 5.74) is -0.883. The molecular weight excluding hydrogens is 332 g/mol. The van der Waals surface area contributed by atoms with Crippen LogP contribution in [0.15, 0.2) is 33.9 Å². The van der Waals surface area contributed by atoms with E-state index in [9.17, 15) is 24.5 Å². The fourth-order valence-electron chi connectivity index (χ4n) is 2.16. The first-order valence-corrected chi connectivity index (χ1v) is 7.15. The summed E-state index contributed by atoms with van der Waals surface area (Å²) in [7, 11) is 4.30. The molecule has 10 heteroatoms. The highest BCUT2D eigenvalue weighted by Gasteiger charge is 2.18. The van der Waals surface area contributed by atoms with E-state index in [2.05, 4.69) is 5.32 Å². The number of rotatable bonds is 5. The summed E-state index contributed by atoms with van der Waals surface area (Å²) in [6.45, 7) is -0.317. The summed E-state index contributed by atoms with van der Waals surface area (Å²) in [6.07, 6.45) is 0. The molecule has 25 heavy (non-hydrogen) atoms. The van der Waals surface area contributed by atoms with Gasteiger partial charge in [0.25, 0.3) is 11.2 Å². The highest BCUT2D eigenvalue weighted by molar-refractivity contribution is 5.91. The SMILES string of the molecule is CNc1ccc(C(=O)OCc2cc(=O)n(C)c(=O)n2C)cc1[N+](=O)[O-]. The predicted octanol–water partition coefficient (Wildman–Crippen LogP) is 0.391. The summed E-state index contributed by atoms with van der Waals surface area (Å²) in [6, 6.07) is 5.05. The van der Waals surface area contributed by atoms with Crippen LogP contribution in [0.3, 0.4) is 0 Å². The van der Waals surface area contributed by atoms with Crippen LogP contribution in [0.1, 0.15) is 16.1 Å². The largest absolute Gasteiger partial charge is 0.456 e. The first-order valence-electron chi connectivity index (χ1n) is 7.15. The smallest absolute Gasteiger partial charge is 0.338 e. The van der Waals surface area contributed by atoms with Crippen molar-refractivity contribution in [3.63, 3.8) is 0 Å². The Kier molecular flexibility index (Phi) is 5.01. The lowest BCUT2D eigenvalue weighted by Gasteiger charge is -2.10. The molecule has 0 saturated heterocycles. The van der Waals surface area contributed by atoms with Crippen LogP contribution in [0.2, 0.25) is 0 Å². The number of nitrogens with one attached hydrogen (secondary N) is 1. The molecule has 0 spiro atoms. The maximum atomic E-state index is 12.1. The van der Waals surface area contributed by atoms with Gasteiger partial charge in [0.15, 0.2) is 0 Å². The number of carbonyl (C=O) groups excluding carboxylic acids is 1. The summed E-state index contributed by atoms with van der Waals surface area (Å²) < 4.78 is 7.17. The predicted molar refractivity (Wildman–Crippen MR) is 88.7 cm³/mol. The molecule has 0 bridgehead atoms. The van der Waals surface area contributed by atoms with Crippen molar-refractivity contribution in [3.05, 3.63) is 66.5 Å². The van der Waals surface area contributed by atoms with Crippen LogP contribution in [0, 0.1) is 10.1 Å². The van der Waals surface area contributed by atoms with Gasteiger partial charge in [0.05, 0.1) is 16.2 Å². The molecular formula is C15H16N4O6. The van der Waals surface area contributed by atoms with Crippen molar-refractivity contribution in [1.29, 1.82) is 0 Å². The number of hydrogen-bond acceptors (Lipinski definition) is 7. The fourth-order valence-corrected chi connectivity index (χ4v) is 2.16. The fraction of sp³-hybridized carbons (Fsp3) is 0.267. The Labute approximate surface area is 141 Å². The minimum absolute atomic E-state index is 0.0143. The highest BCUT2D eigenvalue weighted by atomic mass is 16.6. The van der Waals surface area contributed by atoms with Gasteiger partial charge in [0.1, 0.15) is 12.3 Å². The molecule has 0 unspecified atom stereocenters. The molecule has 1 aromatic carbocycles. The molecule has 132 valence electrons. The van der Waals surface area contributed by atoms with E-state index in [1.807, 2.05) is 0 Å². The van der Waals surface area contributed by atoms with E-state index in [1.54, 1.807) is 0 Å². The number of nitro benzene ring substituents is 1. The van der Waals surface area contributed by atoms with E-state index < -0.39 is 22.1 Å². The number of benzene rings is 1. The molecule has 1 aromatic heterocycles. The van der Waals surface area contributed by atoms with Gasteiger partial charge >= 0.3 is 11.7 Å². The molecule has 10 nitrogen and oxygen atoms in total. The average molecular weight is 348 g/mol. The quantitative estimate of drug-likeness (QED) is 0.470. The number of esters is 1. The number of carbonyl (C=O) groups is 1. The van der Waals surface area contributed by atoms with E-state index in [0.717, 1.165) is 10.6 Å². The van der Waals surface area contributed by atoms with Gasteiger partial charge in [-0.2, -0.15) is 0 Å². The standard InChI is InChI=1S/C15H16N4O6/c1-16-11-5-4-9(6-12(11)19(23)24)14(21)25-8-10-7-13(20)18(3)15(22)17(10)2/h4-7,16H,8H2,1-3H3. The van der Waals surface area contributed by atoms with E-state index in [0.29, 0.717) is 0 Å².